The Morgan fingerprint density at radius 1 is 1.38 bits per heavy atom. The van der Waals surface area contributed by atoms with E-state index in [-0.39, 0.29) is 24.0 Å². The number of nitrogens with one attached hydrogen (secondary N) is 1. The maximum Gasteiger partial charge on any atom is 0.261 e. The van der Waals surface area contributed by atoms with E-state index >= 15 is 0 Å². The normalized spacial score (nSPS) is 11.2. The molecule has 0 atom stereocenters. The van der Waals surface area contributed by atoms with Gasteiger partial charge in [0.25, 0.3) is 5.56 Å². The highest BCUT2D eigenvalue weighted by atomic mass is 16.5. The first kappa shape index (κ1) is 18.1. The molecule has 0 spiro atoms. The van der Waals surface area contributed by atoms with Gasteiger partial charge in [-0.15, -0.1) is 0 Å². The van der Waals surface area contributed by atoms with Crippen molar-refractivity contribution >= 4 is 16.8 Å². The first-order valence-corrected chi connectivity index (χ1v) is 8.32. The summed E-state index contributed by atoms with van der Waals surface area (Å²) >= 11 is 0. The molecule has 1 aromatic heterocycles. The number of aryl methyl sites for hydroxylation is 2. The Morgan fingerprint density at radius 3 is 2.92 bits per heavy atom. The van der Waals surface area contributed by atoms with Crippen LogP contribution in [0.5, 0.6) is 0 Å². The smallest absolute Gasteiger partial charge is 0.261 e. The number of aromatic nitrogens is 2. The second-order valence-corrected chi connectivity index (χ2v) is 6.09. The first-order chi connectivity index (χ1) is 11.5. The molecule has 1 aromatic carbocycles. The van der Waals surface area contributed by atoms with Crippen LogP contribution in [0.4, 0.5) is 0 Å². The third kappa shape index (κ3) is 4.89. The Hall–Kier alpha value is -2.21. The van der Waals surface area contributed by atoms with E-state index in [1.165, 1.54) is 10.9 Å². The van der Waals surface area contributed by atoms with Crippen molar-refractivity contribution in [3.8, 4) is 0 Å². The molecular formula is C18H25N3O3. The third-order valence-corrected chi connectivity index (χ3v) is 3.73. The van der Waals surface area contributed by atoms with Crippen molar-refractivity contribution in [2.75, 3.05) is 13.2 Å². The molecule has 1 heterocycles. The molecule has 0 aliphatic rings. The summed E-state index contributed by atoms with van der Waals surface area (Å²) in [6, 6.07) is 5.54. The van der Waals surface area contributed by atoms with E-state index < -0.39 is 0 Å². The van der Waals surface area contributed by atoms with Crippen LogP contribution in [0.25, 0.3) is 10.9 Å². The minimum atomic E-state index is -0.109. The SMILES string of the molecule is Cc1cccc2c(=O)n(CCC(=O)NCCCOC(C)C)cnc12. The van der Waals surface area contributed by atoms with Gasteiger partial charge in [-0.25, -0.2) is 4.98 Å². The van der Waals surface area contributed by atoms with Crippen LogP contribution in [-0.4, -0.2) is 34.7 Å². The van der Waals surface area contributed by atoms with E-state index in [0.29, 0.717) is 30.6 Å². The first-order valence-electron chi connectivity index (χ1n) is 8.32. The van der Waals surface area contributed by atoms with Crippen LogP contribution in [0, 0.1) is 6.92 Å². The lowest BCUT2D eigenvalue weighted by Gasteiger charge is -2.09. The third-order valence-electron chi connectivity index (χ3n) is 3.73. The monoisotopic (exact) mass is 331 g/mol. The quantitative estimate of drug-likeness (QED) is 0.751. The predicted molar refractivity (Wildman–Crippen MR) is 94.1 cm³/mol. The van der Waals surface area contributed by atoms with Gasteiger partial charge in [-0.2, -0.15) is 0 Å². The lowest BCUT2D eigenvalue weighted by atomic mass is 10.1. The molecule has 130 valence electrons. The number of carbonyl (C=O) groups excluding carboxylic acids is 1. The summed E-state index contributed by atoms with van der Waals surface area (Å²) in [5.41, 5.74) is 1.58. The van der Waals surface area contributed by atoms with E-state index in [0.717, 1.165) is 12.0 Å². The topological polar surface area (TPSA) is 73.2 Å². The van der Waals surface area contributed by atoms with Crippen molar-refractivity contribution in [1.82, 2.24) is 14.9 Å². The zero-order valence-corrected chi connectivity index (χ0v) is 14.5. The van der Waals surface area contributed by atoms with Crippen LogP contribution in [0.1, 0.15) is 32.3 Å². The van der Waals surface area contributed by atoms with Gasteiger partial charge in [0.15, 0.2) is 0 Å². The molecule has 0 radical (unpaired) electrons. The van der Waals surface area contributed by atoms with Crippen molar-refractivity contribution in [3.05, 3.63) is 40.4 Å². The zero-order chi connectivity index (χ0) is 17.5. The molecule has 0 saturated heterocycles. The number of amides is 1. The summed E-state index contributed by atoms with van der Waals surface area (Å²) < 4.78 is 6.90. The summed E-state index contributed by atoms with van der Waals surface area (Å²) in [6.07, 6.45) is 2.75. The van der Waals surface area contributed by atoms with E-state index in [1.54, 1.807) is 6.07 Å². The molecule has 0 unspecified atom stereocenters. The van der Waals surface area contributed by atoms with Crippen LogP contribution in [0.3, 0.4) is 0 Å². The van der Waals surface area contributed by atoms with E-state index in [4.69, 9.17) is 4.74 Å². The van der Waals surface area contributed by atoms with Crippen molar-refractivity contribution in [2.24, 2.45) is 0 Å². The Morgan fingerprint density at radius 2 is 2.17 bits per heavy atom. The van der Waals surface area contributed by atoms with Crippen molar-refractivity contribution in [1.29, 1.82) is 0 Å². The van der Waals surface area contributed by atoms with E-state index in [9.17, 15) is 9.59 Å². The fourth-order valence-corrected chi connectivity index (χ4v) is 2.43. The van der Waals surface area contributed by atoms with Gasteiger partial charge in [-0.1, -0.05) is 12.1 Å². The molecule has 1 amide bonds. The number of ether oxygens (including phenoxy) is 1. The number of benzene rings is 1. The van der Waals surface area contributed by atoms with Gasteiger partial charge in [0.05, 0.1) is 23.3 Å². The fraction of sp³-hybridized carbons (Fsp3) is 0.500. The van der Waals surface area contributed by atoms with Gasteiger partial charge in [0.2, 0.25) is 5.91 Å². The second kappa shape index (κ2) is 8.59. The molecule has 6 heteroatoms. The molecule has 24 heavy (non-hydrogen) atoms. The number of hydrogen-bond donors (Lipinski definition) is 1. The minimum absolute atomic E-state index is 0.0733. The summed E-state index contributed by atoms with van der Waals surface area (Å²) in [7, 11) is 0. The maximum atomic E-state index is 12.4. The largest absolute Gasteiger partial charge is 0.379 e. The lowest BCUT2D eigenvalue weighted by molar-refractivity contribution is -0.121. The number of rotatable bonds is 8. The Balaban J connectivity index is 1.86. The minimum Gasteiger partial charge on any atom is -0.379 e. The number of carbonyl (C=O) groups is 1. The summed E-state index contributed by atoms with van der Waals surface area (Å²) in [5, 5.41) is 3.42. The molecule has 1 N–H and O–H groups in total. The molecule has 6 nitrogen and oxygen atoms in total. The van der Waals surface area contributed by atoms with Gasteiger partial charge >= 0.3 is 0 Å². The van der Waals surface area contributed by atoms with Crippen LogP contribution in [-0.2, 0) is 16.1 Å². The Labute approximate surface area is 141 Å². The van der Waals surface area contributed by atoms with Crippen LogP contribution in [0.2, 0.25) is 0 Å². The molecular weight excluding hydrogens is 306 g/mol. The van der Waals surface area contributed by atoms with Gasteiger partial charge in [-0.3, -0.25) is 14.2 Å². The average molecular weight is 331 g/mol. The van der Waals surface area contributed by atoms with E-state index in [1.807, 2.05) is 32.9 Å². The second-order valence-electron chi connectivity index (χ2n) is 6.09. The molecule has 0 bridgehead atoms. The summed E-state index contributed by atoms with van der Waals surface area (Å²) in [6.45, 7) is 7.42. The van der Waals surface area contributed by atoms with Crippen LogP contribution in [0.15, 0.2) is 29.3 Å². The molecule has 0 aliphatic heterocycles. The van der Waals surface area contributed by atoms with Gasteiger partial charge in [-0.05, 0) is 38.8 Å². The van der Waals surface area contributed by atoms with Crippen molar-refractivity contribution in [3.63, 3.8) is 0 Å². The summed E-state index contributed by atoms with van der Waals surface area (Å²) in [4.78, 5) is 28.6. The van der Waals surface area contributed by atoms with Gasteiger partial charge in [0.1, 0.15) is 0 Å². The van der Waals surface area contributed by atoms with Crippen LogP contribution >= 0.6 is 0 Å². The maximum absolute atomic E-state index is 12.4. The fourth-order valence-electron chi connectivity index (χ4n) is 2.43. The zero-order valence-electron chi connectivity index (χ0n) is 14.5. The standard InChI is InChI=1S/C18H25N3O3/c1-13(2)24-11-5-9-19-16(22)8-10-21-12-20-17-14(3)6-4-7-15(17)18(21)23/h4,6-7,12-13H,5,8-11H2,1-3H3,(H,19,22). The summed E-state index contributed by atoms with van der Waals surface area (Å²) in [5.74, 6) is -0.0733. The number of para-hydroxylation sites is 1. The number of hydrogen-bond acceptors (Lipinski definition) is 4. The highest BCUT2D eigenvalue weighted by Crippen LogP contribution is 2.11. The van der Waals surface area contributed by atoms with Crippen LogP contribution < -0.4 is 10.9 Å². The highest BCUT2D eigenvalue weighted by molar-refractivity contribution is 5.80. The van der Waals surface area contributed by atoms with Gasteiger partial charge < -0.3 is 10.1 Å². The van der Waals surface area contributed by atoms with E-state index in [2.05, 4.69) is 10.3 Å². The molecule has 0 fully saturated rings. The number of fused-ring (bicyclic) bond motifs is 1. The molecule has 2 rings (SSSR count). The average Bonchev–Trinajstić information content (AvgIpc) is 2.54. The van der Waals surface area contributed by atoms with Crippen molar-refractivity contribution in [2.45, 2.75) is 46.3 Å². The highest BCUT2D eigenvalue weighted by Gasteiger charge is 2.07. The predicted octanol–water partition coefficient (Wildman–Crippen LogP) is 2.03. The number of nitrogens with zero attached hydrogens (tertiary/aromatic N) is 2. The van der Waals surface area contributed by atoms with Gasteiger partial charge in [0, 0.05) is 26.1 Å². The Kier molecular flexibility index (Phi) is 6.49. The van der Waals surface area contributed by atoms with Crippen molar-refractivity contribution < 1.29 is 9.53 Å². The molecule has 0 saturated carbocycles. The molecule has 2 aromatic rings. The Bertz CT molecular complexity index is 753. The molecule has 0 aliphatic carbocycles. The lowest BCUT2D eigenvalue weighted by Crippen LogP contribution is -2.28.